The molecule has 3 N–H and O–H groups in total. The van der Waals surface area contributed by atoms with Crippen LogP contribution in [0.2, 0.25) is 0 Å². The summed E-state index contributed by atoms with van der Waals surface area (Å²) in [5, 5.41) is 3.08. The molecule has 1 heterocycles. The summed E-state index contributed by atoms with van der Waals surface area (Å²) in [6, 6.07) is -0.0327. The Bertz CT molecular complexity index is 270. The third-order valence-corrected chi connectivity index (χ3v) is 3.73. The molecule has 114 valence electrons. The van der Waals surface area contributed by atoms with E-state index in [1.807, 2.05) is 0 Å². The number of hydrogen-bond acceptors (Lipinski definition) is 3. The lowest BCUT2D eigenvalue weighted by Gasteiger charge is -2.41. The van der Waals surface area contributed by atoms with Crippen molar-refractivity contribution < 1.29 is 4.79 Å². The lowest BCUT2D eigenvalue weighted by molar-refractivity contribution is -0.123. The van der Waals surface area contributed by atoms with Gasteiger partial charge >= 0.3 is 0 Å². The average molecular weight is 292 g/mol. The molecule has 0 aromatic carbocycles. The van der Waals surface area contributed by atoms with E-state index in [1.54, 1.807) is 0 Å². The minimum Gasteiger partial charge on any atom is -0.352 e. The van der Waals surface area contributed by atoms with Crippen LogP contribution in [-0.2, 0) is 4.79 Å². The van der Waals surface area contributed by atoms with E-state index in [-0.39, 0.29) is 29.9 Å². The van der Waals surface area contributed by atoms with E-state index >= 15 is 0 Å². The Labute approximate surface area is 123 Å². The number of amides is 1. The van der Waals surface area contributed by atoms with E-state index in [1.165, 1.54) is 0 Å². The Balaban J connectivity index is 0.00000324. The van der Waals surface area contributed by atoms with Gasteiger partial charge in [-0.2, -0.15) is 0 Å². The third-order valence-electron chi connectivity index (χ3n) is 3.73. The van der Waals surface area contributed by atoms with Gasteiger partial charge in [0.15, 0.2) is 0 Å². The molecule has 1 unspecified atom stereocenters. The van der Waals surface area contributed by atoms with Crippen molar-refractivity contribution in [2.45, 2.75) is 71.0 Å². The highest BCUT2D eigenvalue weighted by Crippen LogP contribution is 2.20. The lowest BCUT2D eigenvalue weighted by atomic mass is 9.98. The zero-order chi connectivity index (χ0) is 13.8. The smallest absolute Gasteiger partial charge is 0.237 e. The Hall–Kier alpha value is -0.320. The van der Waals surface area contributed by atoms with Crippen molar-refractivity contribution in [3.63, 3.8) is 0 Å². The topological polar surface area (TPSA) is 58.4 Å². The molecule has 4 nitrogen and oxygen atoms in total. The summed E-state index contributed by atoms with van der Waals surface area (Å²) in [6.45, 7) is 10.9. The number of nitrogens with zero attached hydrogens (tertiary/aromatic N) is 1. The summed E-state index contributed by atoms with van der Waals surface area (Å²) in [6.07, 6.45) is 3.79. The second-order valence-corrected chi connectivity index (χ2v) is 6.34. The fourth-order valence-corrected chi connectivity index (χ4v) is 2.44. The Morgan fingerprint density at radius 1 is 1.37 bits per heavy atom. The minimum absolute atomic E-state index is 0. The van der Waals surface area contributed by atoms with E-state index in [0.29, 0.717) is 6.04 Å². The normalized spacial score (nSPS) is 19.6. The van der Waals surface area contributed by atoms with Crippen molar-refractivity contribution in [1.82, 2.24) is 10.2 Å². The molecule has 1 aliphatic rings. The molecule has 5 heteroatoms. The van der Waals surface area contributed by atoms with Crippen molar-refractivity contribution in [1.29, 1.82) is 0 Å². The van der Waals surface area contributed by atoms with Crippen LogP contribution >= 0.6 is 12.4 Å². The van der Waals surface area contributed by atoms with Crippen LogP contribution in [0.5, 0.6) is 0 Å². The van der Waals surface area contributed by atoms with Crippen molar-refractivity contribution in [2.75, 3.05) is 13.1 Å². The summed E-state index contributed by atoms with van der Waals surface area (Å²) < 4.78 is 0. The maximum Gasteiger partial charge on any atom is 0.237 e. The van der Waals surface area contributed by atoms with Gasteiger partial charge in [0.1, 0.15) is 0 Å². The number of piperidine rings is 1. The molecule has 0 aromatic rings. The molecule has 0 saturated carbocycles. The number of halogens is 1. The molecule has 1 aliphatic heterocycles. The number of nitrogens with one attached hydrogen (secondary N) is 1. The molecular formula is C14H30ClN3O. The molecule has 0 bridgehead atoms. The zero-order valence-corrected chi connectivity index (χ0v) is 13.6. The van der Waals surface area contributed by atoms with E-state index in [4.69, 9.17) is 5.73 Å². The minimum atomic E-state index is -0.337. The molecule has 1 rings (SSSR count). The van der Waals surface area contributed by atoms with E-state index in [2.05, 4.69) is 37.9 Å². The first kappa shape index (κ1) is 18.7. The Morgan fingerprint density at radius 3 is 2.32 bits per heavy atom. The lowest BCUT2D eigenvalue weighted by Crippen LogP contribution is -2.53. The molecular weight excluding hydrogens is 262 g/mol. The largest absolute Gasteiger partial charge is 0.352 e. The van der Waals surface area contributed by atoms with Crippen molar-refractivity contribution in [2.24, 2.45) is 5.73 Å². The van der Waals surface area contributed by atoms with Crippen LogP contribution in [0.15, 0.2) is 0 Å². The highest BCUT2D eigenvalue weighted by molar-refractivity contribution is 5.85. The van der Waals surface area contributed by atoms with Gasteiger partial charge in [0.2, 0.25) is 5.91 Å². The standard InChI is InChI=1S/C14H29N3O.ClH/c1-5-6-12(15)13(18)16-11-7-9-17(10-8-11)14(2,3)4;/h11-12H,5-10,15H2,1-4H3,(H,16,18);1H. The average Bonchev–Trinajstić information content (AvgIpc) is 2.28. The Morgan fingerprint density at radius 2 is 1.89 bits per heavy atom. The first-order chi connectivity index (χ1) is 8.34. The van der Waals surface area contributed by atoms with Crippen LogP contribution in [0.25, 0.3) is 0 Å². The van der Waals surface area contributed by atoms with E-state index in [0.717, 1.165) is 38.8 Å². The van der Waals surface area contributed by atoms with Gasteiger partial charge in [-0.25, -0.2) is 0 Å². The molecule has 1 fully saturated rings. The van der Waals surface area contributed by atoms with Gasteiger partial charge in [-0.3, -0.25) is 9.69 Å². The molecule has 0 aromatic heterocycles. The van der Waals surface area contributed by atoms with Gasteiger partial charge in [0, 0.05) is 24.7 Å². The van der Waals surface area contributed by atoms with Crippen molar-refractivity contribution in [3.8, 4) is 0 Å². The maximum atomic E-state index is 11.8. The van der Waals surface area contributed by atoms with E-state index in [9.17, 15) is 4.79 Å². The Kier molecular flexibility index (Phi) is 7.94. The fraction of sp³-hybridized carbons (Fsp3) is 0.929. The summed E-state index contributed by atoms with van der Waals surface area (Å²) in [7, 11) is 0. The first-order valence-corrected chi connectivity index (χ1v) is 7.15. The second kappa shape index (κ2) is 8.08. The van der Waals surface area contributed by atoms with Crippen LogP contribution in [0.4, 0.5) is 0 Å². The predicted molar refractivity (Wildman–Crippen MR) is 82.6 cm³/mol. The molecule has 1 saturated heterocycles. The van der Waals surface area contributed by atoms with Crippen LogP contribution in [-0.4, -0.2) is 41.5 Å². The molecule has 0 radical (unpaired) electrons. The number of likely N-dealkylation sites (tertiary alicyclic amines) is 1. The van der Waals surface area contributed by atoms with Gasteiger partial charge in [-0.05, 0) is 40.0 Å². The van der Waals surface area contributed by atoms with Gasteiger partial charge in [-0.1, -0.05) is 13.3 Å². The summed E-state index contributed by atoms with van der Waals surface area (Å²) >= 11 is 0. The van der Waals surface area contributed by atoms with Crippen molar-refractivity contribution >= 4 is 18.3 Å². The summed E-state index contributed by atoms with van der Waals surface area (Å²) in [4.78, 5) is 14.3. The van der Waals surface area contributed by atoms with Crippen molar-refractivity contribution in [3.05, 3.63) is 0 Å². The van der Waals surface area contributed by atoms with Gasteiger partial charge in [-0.15, -0.1) is 12.4 Å². The maximum absolute atomic E-state index is 11.8. The summed E-state index contributed by atoms with van der Waals surface area (Å²) in [5.74, 6) is 0.0195. The predicted octanol–water partition coefficient (Wildman–Crippen LogP) is 1.91. The highest BCUT2D eigenvalue weighted by Gasteiger charge is 2.28. The van der Waals surface area contributed by atoms with Gasteiger partial charge < -0.3 is 11.1 Å². The number of hydrogen-bond donors (Lipinski definition) is 2. The van der Waals surface area contributed by atoms with Crippen LogP contribution < -0.4 is 11.1 Å². The number of rotatable bonds is 4. The van der Waals surface area contributed by atoms with Gasteiger partial charge in [0.05, 0.1) is 6.04 Å². The third kappa shape index (κ3) is 6.11. The van der Waals surface area contributed by atoms with E-state index < -0.39 is 0 Å². The van der Waals surface area contributed by atoms with Crippen LogP contribution in [0.1, 0.15) is 53.4 Å². The number of carbonyl (C=O) groups excluding carboxylic acids is 1. The molecule has 0 aliphatic carbocycles. The SMILES string of the molecule is CCCC(N)C(=O)NC1CCN(C(C)(C)C)CC1.Cl. The molecule has 19 heavy (non-hydrogen) atoms. The molecule has 0 spiro atoms. The number of nitrogens with two attached hydrogens (primary N) is 1. The summed E-state index contributed by atoms with van der Waals surface area (Å²) in [5.41, 5.74) is 6.05. The second-order valence-electron chi connectivity index (χ2n) is 6.34. The molecule has 1 atom stereocenters. The van der Waals surface area contributed by atoms with Gasteiger partial charge in [0.25, 0.3) is 0 Å². The monoisotopic (exact) mass is 291 g/mol. The first-order valence-electron chi connectivity index (χ1n) is 7.15. The highest BCUT2D eigenvalue weighted by atomic mass is 35.5. The quantitative estimate of drug-likeness (QED) is 0.832. The fourth-order valence-electron chi connectivity index (χ4n) is 2.44. The molecule has 1 amide bonds. The van der Waals surface area contributed by atoms with Crippen LogP contribution in [0, 0.1) is 0 Å². The zero-order valence-electron chi connectivity index (χ0n) is 12.7. The van der Waals surface area contributed by atoms with Crippen LogP contribution in [0.3, 0.4) is 0 Å². The number of carbonyl (C=O) groups is 1.